The van der Waals surface area contributed by atoms with Gasteiger partial charge in [-0.15, -0.1) is 0 Å². The molecule has 1 aromatic heterocycles. The number of aromatic nitrogens is 2. The number of carbonyl (C=O) groups excluding carboxylic acids is 2. The number of benzene rings is 3. The first-order valence-corrected chi connectivity index (χ1v) is 12.4. The zero-order valence-electron chi connectivity index (χ0n) is 20.7. The van der Waals surface area contributed by atoms with E-state index in [9.17, 15) is 14.7 Å². The molecule has 1 atom stereocenters. The molecule has 0 saturated carbocycles. The zero-order chi connectivity index (χ0) is 25.8. The van der Waals surface area contributed by atoms with Gasteiger partial charge in [-0.25, -0.2) is 9.78 Å². The Bertz CT molecular complexity index is 1340. The monoisotopic (exact) mass is 495 g/mol. The van der Waals surface area contributed by atoms with Crippen molar-refractivity contribution in [1.29, 1.82) is 0 Å². The van der Waals surface area contributed by atoms with Gasteiger partial charge in [0.05, 0.1) is 37.6 Å². The van der Waals surface area contributed by atoms with Gasteiger partial charge in [-0.3, -0.25) is 4.79 Å². The molecule has 7 heteroatoms. The molecule has 0 saturated heterocycles. The second-order valence-electron chi connectivity index (χ2n) is 9.09. The molecule has 1 unspecified atom stereocenters. The average molecular weight is 496 g/mol. The van der Waals surface area contributed by atoms with Crippen LogP contribution >= 0.6 is 0 Å². The predicted octanol–water partition coefficient (Wildman–Crippen LogP) is 4.29. The summed E-state index contributed by atoms with van der Waals surface area (Å²) in [7, 11) is 0. The average Bonchev–Trinajstić information content (AvgIpc) is 3.32. The van der Waals surface area contributed by atoms with Crippen molar-refractivity contribution in [1.82, 2.24) is 14.5 Å². The maximum absolute atomic E-state index is 14.2. The second kappa shape index (κ2) is 10.7. The summed E-state index contributed by atoms with van der Waals surface area (Å²) in [6.07, 6.45) is 1.99. The molecule has 2 heterocycles. The number of aromatic hydroxyl groups is 1. The smallest absolute Gasteiger partial charge is 0.329 e. The van der Waals surface area contributed by atoms with E-state index in [1.807, 2.05) is 77.4 Å². The highest BCUT2D eigenvalue weighted by Crippen LogP contribution is 2.32. The number of phenols is 1. The van der Waals surface area contributed by atoms with Gasteiger partial charge < -0.3 is 19.3 Å². The Kier molecular flexibility index (Phi) is 7.03. The van der Waals surface area contributed by atoms with E-state index in [2.05, 4.69) is 4.98 Å². The fourth-order valence-electron chi connectivity index (χ4n) is 4.96. The first-order chi connectivity index (χ1) is 18.1. The number of nitrogens with zero attached hydrogens (tertiary/aromatic N) is 3. The molecule has 37 heavy (non-hydrogen) atoms. The molecule has 1 aliphatic rings. The summed E-state index contributed by atoms with van der Waals surface area (Å²) in [6, 6.07) is 25.6. The molecular formula is C30H29N3O4. The molecule has 1 N–H and O–H groups in total. The fraction of sp³-hybridized carbons (Fsp3) is 0.233. The number of carbonyl (C=O) groups is 2. The van der Waals surface area contributed by atoms with Gasteiger partial charge in [0.2, 0.25) is 5.91 Å². The van der Waals surface area contributed by atoms with E-state index in [4.69, 9.17) is 4.74 Å². The van der Waals surface area contributed by atoms with Gasteiger partial charge >= 0.3 is 5.97 Å². The third kappa shape index (κ3) is 4.98. The zero-order valence-corrected chi connectivity index (χ0v) is 20.7. The summed E-state index contributed by atoms with van der Waals surface area (Å²) in [5.74, 6) is -0.967. The minimum atomic E-state index is -0.783. The second-order valence-corrected chi connectivity index (χ2v) is 9.09. The van der Waals surface area contributed by atoms with Gasteiger partial charge in [-0.1, -0.05) is 78.9 Å². The summed E-state index contributed by atoms with van der Waals surface area (Å²) in [5, 5.41) is 10.3. The van der Waals surface area contributed by atoms with Crippen LogP contribution in [-0.4, -0.2) is 44.1 Å². The lowest BCUT2D eigenvalue weighted by atomic mass is 9.88. The highest BCUT2D eigenvalue weighted by atomic mass is 16.5. The lowest BCUT2D eigenvalue weighted by molar-refractivity contribution is -0.156. The number of rotatable bonds is 7. The minimum Gasteiger partial charge on any atom is -0.508 e. The number of esters is 1. The van der Waals surface area contributed by atoms with Crippen LogP contribution in [0.25, 0.3) is 0 Å². The van der Waals surface area contributed by atoms with E-state index in [1.54, 1.807) is 30.3 Å². The van der Waals surface area contributed by atoms with Gasteiger partial charge in [0, 0.05) is 17.7 Å². The van der Waals surface area contributed by atoms with E-state index in [1.165, 1.54) is 0 Å². The van der Waals surface area contributed by atoms with Crippen LogP contribution in [0.4, 0.5) is 0 Å². The van der Waals surface area contributed by atoms with Gasteiger partial charge in [0.15, 0.2) is 0 Å². The molecule has 7 nitrogen and oxygen atoms in total. The van der Waals surface area contributed by atoms with Crippen LogP contribution < -0.4 is 0 Å². The van der Waals surface area contributed by atoms with Crippen molar-refractivity contribution in [3.05, 3.63) is 119 Å². The summed E-state index contributed by atoms with van der Waals surface area (Å²) in [5.41, 5.74) is 4.07. The van der Waals surface area contributed by atoms with Crippen molar-refractivity contribution < 1.29 is 19.4 Å². The molecule has 0 bridgehead atoms. The van der Waals surface area contributed by atoms with Crippen molar-refractivity contribution in [3.63, 3.8) is 0 Å². The maximum Gasteiger partial charge on any atom is 0.329 e. The normalized spacial score (nSPS) is 14.9. The van der Waals surface area contributed by atoms with Crippen LogP contribution in [0.5, 0.6) is 5.75 Å². The van der Waals surface area contributed by atoms with Crippen molar-refractivity contribution in [2.45, 2.75) is 38.4 Å². The van der Waals surface area contributed by atoms with E-state index in [0.29, 0.717) is 6.54 Å². The summed E-state index contributed by atoms with van der Waals surface area (Å²) in [4.78, 5) is 33.6. The SMILES string of the molecule is CCOC(=O)C1Cc2c(ncn2Cc2ccccc2O)CN1C(=O)C(c1ccccc1)c1ccccc1. The number of ether oxygens (including phenoxy) is 1. The lowest BCUT2D eigenvalue weighted by Gasteiger charge is -2.36. The number of hydrogen-bond donors (Lipinski definition) is 1. The number of hydrogen-bond acceptors (Lipinski definition) is 5. The Labute approximate surface area is 216 Å². The Hall–Kier alpha value is -4.39. The summed E-state index contributed by atoms with van der Waals surface area (Å²) < 4.78 is 7.35. The van der Waals surface area contributed by atoms with Gasteiger partial charge in [0.25, 0.3) is 0 Å². The number of para-hydroxylation sites is 1. The molecule has 188 valence electrons. The summed E-state index contributed by atoms with van der Waals surface area (Å²) >= 11 is 0. The molecule has 0 aliphatic carbocycles. The van der Waals surface area contributed by atoms with E-state index >= 15 is 0 Å². The number of fused-ring (bicyclic) bond motifs is 1. The Balaban J connectivity index is 1.52. The molecule has 1 aliphatic heterocycles. The largest absolute Gasteiger partial charge is 0.508 e. The van der Waals surface area contributed by atoms with Gasteiger partial charge in [0.1, 0.15) is 11.8 Å². The maximum atomic E-state index is 14.2. The Morgan fingerprint density at radius 1 is 0.973 bits per heavy atom. The number of phenolic OH excluding ortho intramolecular Hbond substituents is 1. The molecule has 0 fully saturated rings. The van der Waals surface area contributed by atoms with E-state index in [0.717, 1.165) is 28.1 Å². The van der Waals surface area contributed by atoms with Crippen LogP contribution in [0.1, 0.15) is 40.9 Å². The topological polar surface area (TPSA) is 84.7 Å². The Morgan fingerprint density at radius 3 is 2.22 bits per heavy atom. The minimum absolute atomic E-state index is 0.170. The standard InChI is InChI=1S/C30H29N3O4/c1-2-37-30(36)26-17-25-24(31-20-32(25)18-23-15-9-10-16-27(23)34)19-33(26)29(35)28(21-11-5-3-6-12-21)22-13-7-4-8-14-22/h3-16,20,26,28,34H,2,17-19H2,1H3. The molecule has 0 radical (unpaired) electrons. The third-order valence-electron chi connectivity index (χ3n) is 6.80. The quantitative estimate of drug-likeness (QED) is 0.387. The van der Waals surface area contributed by atoms with Crippen molar-refractivity contribution in [2.75, 3.05) is 6.61 Å². The summed E-state index contributed by atoms with van der Waals surface area (Å²) in [6.45, 7) is 2.59. The van der Waals surface area contributed by atoms with Crippen LogP contribution in [0.2, 0.25) is 0 Å². The van der Waals surface area contributed by atoms with Gasteiger partial charge in [-0.2, -0.15) is 0 Å². The van der Waals surface area contributed by atoms with E-state index in [-0.39, 0.29) is 31.2 Å². The van der Waals surface area contributed by atoms with Crippen molar-refractivity contribution in [3.8, 4) is 5.75 Å². The van der Waals surface area contributed by atoms with Crippen LogP contribution in [0, 0.1) is 0 Å². The molecule has 1 amide bonds. The first kappa shape index (κ1) is 24.3. The van der Waals surface area contributed by atoms with E-state index < -0.39 is 17.9 Å². The third-order valence-corrected chi connectivity index (χ3v) is 6.80. The number of imidazole rings is 1. The highest BCUT2D eigenvalue weighted by molar-refractivity contribution is 5.91. The first-order valence-electron chi connectivity index (χ1n) is 12.4. The van der Waals surface area contributed by atoms with Crippen molar-refractivity contribution in [2.24, 2.45) is 0 Å². The van der Waals surface area contributed by atoms with Crippen LogP contribution in [0.3, 0.4) is 0 Å². The van der Waals surface area contributed by atoms with Crippen molar-refractivity contribution >= 4 is 11.9 Å². The lowest BCUT2D eigenvalue weighted by Crippen LogP contribution is -2.51. The predicted molar refractivity (Wildman–Crippen MR) is 139 cm³/mol. The van der Waals surface area contributed by atoms with Gasteiger partial charge in [-0.05, 0) is 24.1 Å². The molecular weight excluding hydrogens is 466 g/mol. The van der Waals surface area contributed by atoms with Crippen LogP contribution in [-0.2, 0) is 33.8 Å². The van der Waals surface area contributed by atoms with Crippen LogP contribution in [0.15, 0.2) is 91.3 Å². The molecule has 5 rings (SSSR count). The Morgan fingerprint density at radius 2 is 1.59 bits per heavy atom. The number of amides is 1. The fourth-order valence-corrected chi connectivity index (χ4v) is 4.96. The molecule has 4 aromatic rings. The molecule has 3 aromatic carbocycles. The molecule has 0 spiro atoms. The highest BCUT2D eigenvalue weighted by Gasteiger charge is 2.41.